The summed E-state index contributed by atoms with van der Waals surface area (Å²) in [6, 6.07) is 19.9. The first-order chi connectivity index (χ1) is 11.7. The second kappa shape index (κ2) is 5.89. The molecule has 3 nitrogen and oxygen atoms in total. The van der Waals surface area contributed by atoms with Crippen LogP contribution in [-0.2, 0) is 0 Å². The van der Waals surface area contributed by atoms with Crippen LogP contribution in [0.3, 0.4) is 0 Å². The number of hydrogen-bond donors (Lipinski definition) is 0. The van der Waals surface area contributed by atoms with Gasteiger partial charge in [0.1, 0.15) is 5.82 Å². The zero-order chi connectivity index (χ0) is 16.5. The lowest BCUT2D eigenvalue weighted by molar-refractivity contribution is 0.0778. The molecule has 0 unspecified atom stereocenters. The quantitative estimate of drug-likeness (QED) is 0.696. The number of halogens is 1. The largest absolute Gasteiger partial charge is 0.273 e. The summed E-state index contributed by atoms with van der Waals surface area (Å²) >= 11 is 0. The van der Waals surface area contributed by atoms with E-state index < -0.39 is 0 Å². The maximum absolute atomic E-state index is 13.0. The van der Waals surface area contributed by atoms with Crippen LogP contribution in [0.1, 0.15) is 22.3 Å². The Kier molecular flexibility index (Phi) is 3.58. The molecule has 24 heavy (non-hydrogen) atoms. The Balaban J connectivity index is 1.61. The van der Waals surface area contributed by atoms with Crippen LogP contribution >= 0.6 is 0 Å². The van der Waals surface area contributed by atoms with E-state index in [4.69, 9.17) is 0 Å². The van der Waals surface area contributed by atoms with Crippen molar-refractivity contribution in [2.75, 3.05) is 6.54 Å². The Morgan fingerprint density at radius 2 is 1.71 bits per heavy atom. The molecule has 0 bridgehead atoms. The van der Waals surface area contributed by atoms with Gasteiger partial charge >= 0.3 is 0 Å². The Morgan fingerprint density at radius 3 is 2.50 bits per heavy atom. The molecule has 4 rings (SSSR count). The molecule has 3 aromatic rings. The zero-order valence-electron chi connectivity index (χ0n) is 12.9. The van der Waals surface area contributed by atoms with E-state index in [-0.39, 0.29) is 11.7 Å². The lowest BCUT2D eigenvalue weighted by Gasteiger charge is -2.11. The molecular weight excluding hydrogens is 303 g/mol. The van der Waals surface area contributed by atoms with Crippen molar-refractivity contribution in [2.45, 2.75) is 6.42 Å². The van der Waals surface area contributed by atoms with Gasteiger partial charge in [0.25, 0.3) is 5.91 Å². The number of hydrogen-bond acceptors (Lipinski definition) is 2. The third-order valence-electron chi connectivity index (χ3n) is 4.21. The van der Waals surface area contributed by atoms with Gasteiger partial charge in [0.05, 0.1) is 12.3 Å². The Morgan fingerprint density at radius 1 is 0.958 bits per heavy atom. The first-order valence-electron chi connectivity index (χ1n) is 7.85. The van der Waals surface area contributed by atoms with Crippen LogP contribution in [-0.4, -0.2) is 23.2 Å². The number of nitrogens with zero attached hydrogens (tertiary/aromatic N) is 2. The third kappa shape index (κ3) is 2.67. The highest BCUT2D eigenvalue weighted by molar-refractivity contribution is 6.06. The number of carbonyl (C=O) groups is 1. The topological polar surface area (TPSA) is 32.7 Å². The van der Waals surface area contributed by atoms with Crippen LogP contribution in [0.25, 0.3) is 10.8 Å². The molecule has 118 valence electrons. The monoisotopic (exact) mass is 318 g/mol. The number of carbonyl (C=O) groups excluding carboxylic acids is 1. The zero-order valence-corrected chi connectivity index (χ0v) is 12.9. The highest BCUT2D eigenvalue weighted by Gasteiger charge is 2.22. The minimum atomic E-state index is -0.353. The molecule has 0 spiro atoms. The molecule has 0 aromatic heterocycles. The Hall–Kier alpha value is -3.01. The van der Waals surface area contributed by atoms with Crippen molar-refractivity contribution in [3.8, 4) is 0 Å². The van der Waals surface area contributed by atoms with E-state index in [1.165, 1.54) is 34.7 Å². The van der Waals surface area contributed by atoms with E-state index in [0.717, 1.165) is 16.7 Å². The summed E-state index contributed by atoms with van der Waals surface area (Å²) in [7, 11) is 0. The fourth-order valence-electron chi connectivity index (χ4n) is 2.92. The van der Waals surface area contributed by atoms with E-state index >= 15 is 0 Å². The van der Waals surface area contributed by atoms with Gasteiger partial charge in [-0.1, -0.05) is 36.4 Å². The number of hydrazone groups is 1. The molecule has 0 saturated heterocycles. The highest BCUT2D eigenvalue weighted by Crippen LogP contribution is 2.21. The van der Waals surface area contributed by atoms with Gasteiger partial charge in [-0.25, -0.2) is 9.40 Å². The first-order valence-corrected chi connectivity index (χ1v) is 7.85. The van der Waals surface area contributed by atoms with Gasteiger partial charge < -0.3 is 0 Å². The van der Waals surface area contributed by atoms with Crippen LogP contribution in [0.15, 0.2) is 71.8 Å². The number of benzene rings is 3. The normalized spacial score (nSPS) is 14.0. The summed E-state index contributed by atoms with van der Waals surface area (Å²) in [4.78, 5) is 12.4. The molecule has 0 fully saturated rings. The lowest BCUT2D eigenvalue weighted by Crippen LogP contribution is -2.23. The van der Waals surface area contributed by atoms with Crippen LogP contribution < -0.4 is 0 Å². The maximum Gasteiger partial charge on any atom is 0.273 e. The molecule has 1 aliphatic heterocycles. The predicted octanol–water partition coefficient (Wildman–Crippen LogP) is 4.23. The second-order valence-corrected chi connectivity index (χ2v) is 5.79. The van der Waals surface area contributed by atoms with E-state index in [1.54, 1.807) is 0 Å². The van der Waals surface area contributed by atoms with Crippen molar-refractivity contribution in [3.05, 3.63) is 83.7 Å². The van der Waals surface area contributed by atoms with Crippen molar-refractivity contribution >= 4 is 22.4 Å². The molecule has 0 aliphatic carbocycles. The van der Waals surface area contributed by atoms with Crippen LogP contribution in [0.2, 0.25) is 0 Å². The third-order valence-corrected chi connectivity index (χ3v) is 4.21. The van der Waals surface area contributed by atoms with E-state index in [9.17, 15) is 9.18 Å². The van der Waals surface area contributed by atoms with Crippen molar-refractivity contribution < 1.29 is 9.18 Å². The summed E-state index contributed by atoms with van der Waals surface area (Å²) in [5, 5.41) is 8.26. The fraction of sp³-hybridized carbons (Fsp3) is 0.100. The molecule has 0 atom stereocenters. The first kappa shape index (κ1) is 14.6. The van der Waals surface area contributed by atoms with Crippen molar-refractivity contribution in [2.24, 2.45) is 5.10 Å². The van der Waals surface area contributed by atoms with Gasteiger partial charge in [-0.3, -0.25) is 4.79 Å². The van der Waals surface area contributed by atoms with Crippen molar-refractivity contribution in [1.82, 2.24) is 5.01 Å². The maximum atomic E-state index is 13.0. The van der Waals surface area contributed by atoms with Crippen molar-refractivity contribution in [3.63, 3.8) is 0 Å². The summed E-state index contributed by atoms with van der Waals surface area (Å²) in [6.07, 6.45) is 0.714. The summed E-state index contributed by atoms with van der Waals surface area (Å²) in [6.45, 7) is 0.540. The number of rotatable bonds is 2. The summed E-state index contributed by atoms with van der Waals surface area (Å²) < 4.78 is 13.0. The summed E-state index contributed by atoms with van der Waals surface area (Å²) in [5.74, 6) is -0.556. The highest BCUT2D eigenvalue weighted by atomic mass is 19.1. The van der Waals surface area contributed by atoms with Gasteiger partial charge in [0.15, 0.2) is 0 Å². The summed E-state index contributed by atoms with van der Waals surface area (Å²) in [5.41, 5.74) is 2.37. The van der Waals surface area contributed by atoms with Gasteiger partial charge in [0, 0.05) is 12.0 Å². The minimum Gasteiger partial charge on any atom is -0.267 e. The molecule has 1 aliphatic rings. The van der Waals surface area contributed by atoms with E-state index in [0.29, 0.717) is 18.5 Å². The van der Waals surface area contributed by atoms with Crippen molar-refractivity contribution in [1.29, 1.82) is 0 Å². The van der Waals surface area contributed by atoms with E-state index in [2.05, 4.69) is 29.4 Å². The molecule has 0 radical (unpaired) electrons. The number of amides is 1. The average Bonchev–Trinajstić information content (AvgIpc) is 3.11. The smallest absolute Gasteiger partial charge is 0.267 e. The van der Waals surface area contributed by atoms with Crippen LogP contribution in [0.5, 0.6) is 0 Å². The average molecular weight is 318 g/mol. The molecular formula is C20H15FN2O. The fourth-order valence-corrected chi connectivity index (χ4v) is 2.92. The lowest BCUT2D eigenvalue weighted by atomic mass is 10.0. The van der Waals surface area contributed by atoms with Gasteiger partial charge in [-0.15, -0.1) is 0 Å². The molecule has 0 N–H and O–H groups in total. The van der Waals surface area contributed by atoms with Gasteiger partial charge in [0.2, 0.25) is 0 Å². The van der Waals surface area contributed by atoms with Gasteiger partial charge in [-0.05, 0) is 46.7 Å². The van der Waals surface area contributed by atoms with Crippen LogP contribution in [0, 0.1) is 5.82 Å². The van der Waals surface area contributed by atoms with E-state index in [1.807, 2.05) is 18.2 Å². The standard InChI is InChI=1S/C20H15FN2O/c21-18-9-7-15(8-10-18)20(24)23-12-11-19(22-23)17-6-5-14-3-1-2-4-16(14)13-17/h1-10,13H,11-12H2. The SMILES string of the molecule is O=C(c1ccc(F)cc1)N1CCC(c2ccc3ccccc3c2)=N1. The predicted molar refractivity (Wildman–Crippen MR) is 92.5 cm³/mol. The molecule has 3 aromatic carbocycles. The molecule has 1 heterocycles. The number of fused-ring (bicyclic) bond motifs is 1. The van der Waals surface area contributed by atoms with Crippen LogP contribution in [0.4, 0.5) is 4.39 Å². The minimum absolute atomic E-state index is 0.203. The molecule has 4 heteroatoms. The molecule has 1 amide bonds. The second-order valence-electron chi connectivity index (χ2n) is 5.79. The Bertz CT molecular complexity index is 947. The van der Waals surface area contributed by atoms with Gasteiger partial charge in [-0.2, -0.15) is 5.10 Å². The Labute approximate surface area is 139 Å². The molecule has 0 saturated carbocycles.